The van der Waals surface area contributed by atoms with Crippen molar-refractivity contribution in [2.75, 3.05) is 19.8 Å². The molecule has 1 N–H and O–H groups in total. The van der Waals surface area contributed by atoms with Crippen LogP contribution in [0.15, 0.2) is 0 Å². The SMILES string of the molecule is O=C(CO[C@H]1C[C@@H](OC(F)(F)F)C1)N[C@H]1CCCOC1. The van der Waals surface area contributed by atoms with Gasteiger partial charge in [-0.25, -0.2) is 0 Å². The van der Waals surface area contributed by atoms with Gasteiger partial charge in [-0.15, -0.1) is 13.2 Å². The third-order valence-corrected chi connectivity index (χ3v) is 3.33. The number of halogens is 3. The highest BCUT2D eigenvalue weighted by Crippen LogP contribution is 2.31. The summed E-state index contributed by atoms with van der Waals surface area (Å²) in [5, 5.41) is 2.77. The molecule has 0 aromatic heterocycles. The molecule has 1 aliphatic heterocycles. The number of hydrogen-bond donors (Lipinski definition) is 1. The van der Waals surface area contributed by atoms with Gasteiger partial charge in [0.25, 0.3) is 0 Å². The molecule has 8 heteroatoms. The lowest BCUT2D eigenvalue weighted by atomic mass is 9.92. The number of amides is 1. The van der Waals surface area contributed by atoms with E-state index in [-0.39, 0.29) is 37.5 Å². The fourth-order valence-corrected chi connectivity index (χ4v) is 2.26. The van der Waals surface area contributed by atoms with Crippen molar-refractivity contribution in [1.82, 2.24) is 5.32 Å². The Morgan fingerprint density at radius 3 is 2.65 bits per heavy atom. The predicted molar refractivity (Wildman–Crippen MR) is 61.9 cm³/mol. The van der Waals surface area contributed by atoms with E-state index >= 15 is 0 Å². The second kappa shape index (κ2) is 6.73. The quantitative estimate of drug-likeness (QED) is 0.832. The first-order valence-corrected chi connectivity index (χ1v) is 6.65. The lowest BCUT2D eigenvalue weighted by Crippen LogP contribution is -2.45. The smallest absolute Gasteiger partial charge is 0.379 e. The maximum absolute atomic E-state index is 11.9. The van der Waals surface area contributed by atoms with Gasteiger partial charge >= 0.3 is 6.36 Å². The maximum atomic E-state index is 11.9. The van der Waals surface area contributed by atoms with E-state index in [1.54, 1.807) is 0 Å². The number of rotatable bonds is 5. The molecule has 1 atom stereocenters. The molecule has 1 saturated carbocycles. The molecule has 0 radical (unpaired) electrons. The molecular weight excluding hydrogens is 279 g/mol. The number of carbonyl (C=O) groups is 1. The molecule has 20 heavy (non-hydrogen) atoms. The van der Waals surface area contributed by atoms with Crippen LogP contribution in [0.2, 0.25) is 0 Å². The van der Waals surface area contributed by atoms with Crippen LogP contribution in [0, 0.1) is 0 Å². The summed E-state index contributed by atoms with van der Waals surface area (Å²) in [5.74, 6) is -0.263. The zero-order valence-corrected chi connectivity index (χ0v) is 10.9. The van der Waals surface area contributed by atoms with E-state index in [1.165, 1.54) is 0 Å². The van der Waals surface area contributed by atoms with E-state index in [2.05, 4.69) is 10.1 Å². The minimum atomic E-state index is -4.60. The third kappa shape index (κ3) is 5.26. The third-order valence-electron chi connectivity index (χ3n) is 3.33. The van der Waals surface area contributed by atoms with Crippen molar-refractivity contribution in [2.24, 2.45) is 0 Å². The minimum Gasteiger partial charge on any atom is -0.379 e. The standard InChI is InChI=1S/C12H18F3NO4/c13-12(14,15)20-10-4-9(5-10)19-7-11(17)16-8-2-1-3-18-6-8/h8-10H,1-7H2,(H,16,17)/t8-,9-,10+/m0/s1. The summed E-state index contributed by atoms with van der Waals surface area (Å²) >= 11 is 0. The molecule has 116 valence electrons. The van der Waals surface area contributed by atoms with Crippen LogP contribution < -0.4 is 5.32 Å². The highest BCUT2D eigenvalue weighted by Gasteiger charge is 2.40. The zero-order valence-electron chi connectivity index (χ0n) is 10.9. The lowest BCUT2D eigenvalue weighted by molar-refractivity contribution is -0.357. The van der Waals surface area contributed by atoms with E-state index in [0.29, 0.717) is 13.2 Å². The van der Waals surface area contributed by atoms with E-state index in [4.69, 9.17) is 9.47 Å². The van der Waals surface area contributed by atoms with Gasteiger partial charge in [-0.2, -0.15) is 0 Å². The average Bonchev–Trinajstić information content (AvgIpc) is 2.32. The monoisotopic (exact) mass is 297 g/mol. The van der Waals surface area contributed by atoms with Crippen LogP contribution in [0.3, 0.4) is 0 Å². The molecule has 2 fully saturated rings. The normalized spacial score (nSPS) is 30.6. The van der Waals surface area contributed by atoms with Gasteiger partial charge in [-0.3, -0.25) is 9.53 Å². The number of nitrogens with one attached hydrogen (secondary N) is 1. The summed E-state index contributed by atoms with van der Waals surface area (Å²) in [6.45, 7) is 1.07. The van der Waals surface area contributed by atoms with Crippen molar-refractivity contribution < 1.29 is 32.2 Å². The molecule has 2 aliphatic rings. The highest BCUT2D eigenvalue weighted by atomic mass is 19.4. The number of alkyl halides is 3. The molecular formula is C12H18F3NO4. The van der Waals surface area contributed by atoms with Crippen LogP contribution in [0.5, 0.6) is 0 Å². The first-order valence-electron chi connectivity index (χ1n) is 6.65. The van der Waals surface area contributed by atoms with Crippen molar-refractivity contribution in [2.45, 2.75) is 50.3 Å². The van der Waals surface area contributed by atoms with Crippen LogP contribution in [0.4, 0.5) is 13.2 Å². The Kier molecular flexibility index (Phi) is 5.22. The van der Waals surface area contributed by atoms with E-state index in [1.807, 2.05) is 0 Å². The van der Waals surface area contributed by atoms with Crippen molar-refractivity contribution in [3.8, 4) is 0 Å². The Hall–Kier alpha value is -0.860. The number of carbonyl (C=O) groups excluding carboxylic acids is 1. The van der Waals surface area contributed by atoms with Gasteiger partial charge in [0, 0.05) is 19.4 Å². The van der Waals surface area contributed by atoms with Crippen molar-refractivity contribution in [3.63, 3.8) is 0 Å². The molecule has 0 aromatic rings. The lowest BCUT2D eigenvalue weighted by Gasteiger charge is -2.35. The second-order valence-corrected chi connectivity index (χ2v) is 5.07. The van der Waals surface area contributed by atoms with Gasteiger partial charge in [0.2, 0.25) is 5.91 Å². The Morgan fingerprint density at radius 2 is 2.05 bits per heavy atom. The van der Waals surface area contributed by atoms with Gasteiger partial charge in [-0.1, -0.05) is 0 Å². The number of ether oxygens (including phenoxy) is 3. The summed E-state index contributed by atoms with van der Waals surface area (Å²) in [6, 6.07) is 0.00236. The van der Waals surface area contributed by atoms with Gasteiger partial charge in [0.15, 0.2) is 0 Å². The van der Waals surface area contributed by atoms with Crippen molar-refractivity contribution >= 4 is 5.91 Å². The summed E-state index contributed by atoms with van der Waals surface area (Å²) in [6.07, 6.45) is -3.68. The summed E-state index contributed by atoms with van der Waals surface area (Å²) in [7, 11) is 0. The van der Waals surface area contributed by atoms with E-state index in [9.17, 15) is 18.0 Å². The average molecular weight is 297 g/mol. The molecule has 0 bridgehead atoms. The molecule has 1 heterocycles. The number of hydrogen-bond acceptors (Lipinski definition) is 4. The summed E-state index contributed by atoms with van der Waals surface area (Å²) in [4.78, 5) is 11.6. The second-order valence-electron chi connectivity index (χ2n) is 5.07. The first-order chi connectivity index (χ1) is 9.42. The summed E-state index contributed by atoms with van der Waals surface area (Å²) < 4.78 is 50.0. The van der Waals surface area contributed by atoms with Gasteiger partial charge < -0.3 is 14.8 Å². The van der Waals surface area contributed by atoms with E-state index in [0.717, 1.165) is 12.8 Å². The summed E-state index contributed by atoms with van der Waals surface area (Å²) in [5.41, 5.74) is 0. The molecule has 0 spiro atoms. The fourth-order valence-electron chi connectivity index (χ4n) is 2.26. The van der Waals surface area contributed by atoms with Crippen LogP contribution in [-0.2, 0) is 19.0 Å². The Morgan fingerprint density at radius 1 is 1.30 bits per heavy atom. The van der Waals surface area contributed by atoms with Crippen LogP contribution >= 0.6 is 0 Å². The van der Waals surface area contributed by atoms with Crippen molar-refractivity contribution in [3.05, 3.63) is 0 Å². The largest absolute Gasteiger partial charge is 0.522 e. The Labute approximate surface area is 114 Å². The van der Waals surface area contributed by atoms with E-state index < -0.39 is 12.5 Å². The molecule has 0 unspecified atom stereocenters. The fraction of sp³-hybridized carbons (Fsp3) is 0.917. The van der Waals surface area contributed by atoms with Gasteiger partial charge in [0.1, 0.15) is 6.61 Å². The van der Waals surface area contributed by atoms with Crippen LogP contribution in [0.25, 0.3) is 0 Å². The van der Waals surface area contributed by atoms with Crippen LogP contribution in [0.1, 0.15) is 25.7 Å². The first kappa shape index (κ1) is 15.5. The minimum absolute atomic E-state index is 0.00236. The molecule has 1 aliphatic carbocycles. The molecule has 0 aromatic carbocycles. The Balaban J connectivity index is 1.54. The topological polar surface area (TPSA) is 56.8 Å². The highest BCUT2D eigenvalue weighted by molar-refractivity contribution is 5.77. The molecule has 2 rings (SSSR count). The van der Waals surface area contributed by atoms with Gasteiger partial charge in [0.05, 0.1) is 24.9 Å². The molecule has 5 nitrogen and oxygen atoms in total. The zero-order chi connectivity index (χ0) is 14.6. The van der Waals surface area contributed by atoms with Gasteiger partial charge in [-0.05, 0) is 12.8 Å². The Bertz CT molecular complexity index is 325. The van der Waals surface area contributed by atoms with Crippen LogP contribution in [-0.4, -0.2) is 50.3 Å². The predicted octanol–water partition coefficient (Wildman–Crippen LogP) is 1.37. The maximum Gasteiger partial charge on any atom is 0.522 e. The van der Waals surface area contributed by atoms with Crippen molar-refractivity contribution in [1.29, 1.82) is 0 Å². The molecule has 1 saturated heterocycles. The molecule has 1 amide bonds.